The van der Waals surface area contributed by atoms with Crippen molar-refractivity contribution >= 4 is 27.5 Å². The van der Waals surface area contributed by atoms with E-state index < -0.39 is 0 Å². The van der Waals surface area contributed by atoms with Crippen LogP contribution < -0.4 is 10.9 Å². The van der Waals surface area contributed by atoms with Crippen molar-refractivity contribution in [1.82, 2.24) is 14.9 Å². The first-order chi connectivity index (χ1) is 12.6. The van der Waals surface area contributed by atoms with Crippen LogP contribution in [0, 0.1) is 6.92 Å². The number of nitrogens with zero attached hydrogens (tertiary/aromatic N) is 2. The summed E-state index contributed by atoms with van der Waals surface area (Å²) < 4.78 is 6.56. The zero-order chi connectivity index (χ0) is 18.5. The van der Waals surface area contributed by atoms with Crippen LogP contribution in [0.1, 0.15) is 27.2 Å². The summed E-state index contributed by atoms with van der Waals surface area (Å²) in [6.45, 7) is 3.39. The Morgan fingerprint density at radius 2 is 2.08 bits per heavy atom. The summed E-state index contributed by atoms with van der Waals surface area (Å²) >= 11 is 1.26. The lowest BCUT2D eigenvalue weighted by molar-refractivity contribution is 0.0952. The molecule has 7 heteroatoms. The number of carbonyl (C=O) groups excluding carboxylic acids is 1. The lowest BCUT2D eigenvalue weighted by Gasteiger charge is -2.05. The molecule has 0 fully saturated rings. The Kier molecular flexibility index (Phi) is 5.80. The highest BCUT2D eigenvalue weighted by atomic mass is 32.1. The molecule has 1 amide bonds. The van der Waals surface area contributed by atoms with Gasteiger partial charge in [0.05, 0.1) is 23.1 Å². The first-order valence-electron chi connectivity index (χ1n) is 8.41. The number of methoxy groups -OCH3 is 1. The van der Waals surface area contributed by atoms with Crippen molar-refractivity contribution in [3.05, 3.63) is 63.0 Å². The highest BCUT2D eigenvalue weighted by Crippen LogP contribution is 2.26. The van der Waals surface area contributed by atoms with Crippen molar-refractivity contribution in [2.24, 2.45) is 0 Å². The van der Waals surface area contributed by atoms with Crippen LogP contribution in [0.5, 0.6) is 0 Å². The molecule has 2 heterocycles. The molecular weight excluding hydrogens is 350 g/mol. The van der Waals surface area contributed by atoms with Crippen LogP contribution in [-0.4, -0.2) is 35.7 Å². The van der Waals surface area contributed by atoms with E-state index in [1.807, 2.05) is 30.3 Å². The van der Waals surface area contributed by atoms with Crippen molar-refractivity contribution in [1.29, 1.82) is 0 Å². The van der Waals surface area contributed by atoms with Gasteiger partial charge in [-0.05, 0) is 24.5 Å². The van der Waals surface area contributed by atoms with Gasteiger partial charge in [0.1, 0.15) is 4.83 Å². The van der Waals surface area contributed by atoms with Crippen LogP contribution in [0.25, 0.3) is 10.2 Å². The number of aromatic nitrogens is 2. The maximum Gasteiger partial charge on any atom is 0.262 e. The minimum atomic E-state index is -0.171. The smallest absolute Gasteiger partial charge is 0.262 e. The standard InChI is InChI=1S/C19H21N3O3S/c1-13-15-18(26-16(13)17(23)20-9-6-10-25-2)21-12-22(19(15)24)11-14-7-4-3-5-8-14/h3-5,7-8,12H,6,9-11H2,1-2H3,(H,20,23). The molecule has 0 bridgehead atoms. The molecule has 3 aromatic rings. The second-order valence-corrected chi connectivity index (χ2v) is 7.00. The van der Waals surface area contributed by atoms with Gasteiger partial charge in [-0.3, -0.25) is 14.2 Å². The van der Waals surface area contributed by atoms with E-state index >= 15 is 0 Å². The number of hydrogen-bond donors (Lipinski definition) is 1. The van der Waals surface area contributed by atoms with Crippen LogP contribution >= 0.6 is 11.3 Å². The molecule has 0 saturated heterocycles. The van der Waals surface area contributed by atoms with E-state index in [0.717, 1.165) is 12.0 Å². The molecule has 0 unspecified atom stereocenters. The van der Waals surface area contributed by atoms with E-state index in [1.54, 1.807) is 24.9 Å². The molecule has 136 valence electrons. The summed E-state index contributed by atoms with van der Waals surface area (Å²) in [4.78, 5) is 30.8. The molecule has 1 aromatic carbocycles. The fraction of sp³-hybridized carbons (Fsp3) is 0.316. The van der Waals surface area contributed by atoms with Crippen molar-refractivity contribution in [3.63, 3.8) is 0 Å². The normalized spacial score (nSPS) is 11.0. The number of hydrogen-bond acceptors (Lipinski definition) is 5. The summed E-state index contributed by atoms with van der Waals surface area (Å²) in [5.41, 5.74) is 1.60. The maximum absolute atomic E-state index is 12.9. The van der Waals surface area contributed by atoms with Gasteiger partial charge in [-0.1, -0.05) is 30.3 Å². The van der Waals surface area contributed by atoms with Crippen LogP contribution in [-0.2, 0) is 11.3 Å². The van der Waals surface area contributed by atoms with Gasteiger partial charge in [0.25, 0.3) is 11.5 Å². The monoisotopic (exact) mass is 371 g/mol. The van der Waals surface area contributed by atoms with Gasteiger partial charge < -0.3 is 10.1 Å². The van der Waals surface area contributed by atoms with Gasteiger partial charge in [-0.2, -0.15) is 0 Å². The molecular formula is C19H21N3O3S. The van der Waals surface area contributed by atoms with E-state index in [2.05, 4.69) is 10.3 Å². The molecule has 0 atom stereocenters. The Balaban J connectivity index is 1.88. The molecule has 26 heavy (non-hydrogen) atoms. The topological polar surface area (TPSA) is 73.2 Å². The SMILES string of the molecule is COCCCNC(=O)c1sc2ncn(Cc3ccccc3)c(=O)c2c1C. The molecule has 0 radical (unpaired) electrons. The van der Waals surface area contributed by atoms with E-state index in [4.69, 9.17) is 4.74 Å². The lowest BCUT2D eigenvalue weighted by Crippen LogP contribution is -2.25. The first-order valence-corrected chi connectivity index (χ1v) is 9.23. The average molecular weight is 371 g/mol. The number of carbonyl (C=O) groups is 1. The molecule has 2 aromatic heterocycles. The lowest BCUT2D eigenvalue weighted by atomic mass is 10.2. The Morgan fingerprint density at radius 3 is 2.81 bits per heavy atom. The fourth-order valence-corrected chi connectivity index (χ4v) is 3.82. The summed E-state index contributed by atoms with van der Waals surface area (Å²) in [6, 6.07) is 9.75. The fourth-order valence-electron chi connectivity index (χ4n) is 2.77. The summed E-state index contributed by atoms with van der Waals surface area (Å²) in [5, 5.41) is 3.39. The Labute approximate surface area is 155 Å². The Bertz CT molecular complexity index is 963. The predicted octanol–water partition coefficient (Wildman–Crippen LogP) is 2.58. The molecule has 3 rings (SSSR count). The second kappa shape index (κ2) is 8.25. The number of amides is 1. The van der Waals surface area contributed by atoms with Gasteiger partial charge in [0.15, 0.2) is 0 Å². The quantitative estimate of drug-likeness (QED) is 0.648. The second-order valence-electron chi connectivity index (χ2n) is 6.00. The number of nitrogens with one attached hydrogen (secondary N) is 1. The maximum atomic E-state index is 12.9. The Morgan fingerprint density at radius 1 is 1.31 bits per heavy atom. The van der Waals surface area contributed by atoms with Crippen molar-refractivity contribution < 1.29 is 9.53 Å². The van der Waals surface area contributed by atoms with E-state index in [9.17, 15) is 9.59 Å². The van der Waals surface area contributed by atoms with Crippen molar-refractivity contribution in [3.8, 4) is 0 Å². The van der Waals surface area contributed by atoms with E-state index in [0.29, 0.717) is 40.4 Å². The average Bonchev–Trinajstić information content (AvgIpc) is 2.99. The minimum absolute atomic E-state index is 0.119. The third kappa shape index (κ3) is 3.84. The van der Waals surface area contributed by atoms with Crippen molar-refractivity contribution in [2.45, 2.75) is 19.9 Å². The van der Waals surface area contributed by atoms with Gasteiger partial charge in [-0.15, -0.1) is 11.3 Å². The number of rotatable bonds is 7. The molecule has 0 aliphatic heterocycles. The van der Waals surface area contributed by atoms with Crippen LogP contribution in [0.2, 0.25) is 0 Å². The van der Waals surface area contributed by atoms with Gasteiger partial charge in [0.2, 0.25) is 0 Å². The van der Waals surface area contributed by atoms with E-state index in [-0.39, 0.29) is 11.5 Å². The summed E-state index contributed by atoms with van der Waals surface area (Å²) in [7, 11) is 1.63. The molecule has 0 saturated carbocycles. The van der Waals surface area contributed by atoms with Crippen LogP contribution in [0.15, 0.2) is 41.5 Å². The Hall–Kier alpha value is -2.51. The summed E-state index contributed by atoms with van der Waals surface area (Å²) in [5.74, 6) is -0.171. The van der Waals surface area contributed by atoms with Crippen LogP contribution in [0.4, 0.5) is 0 Å². The largest absolute Gasteiger partial charge is 0.385 e. The number of benzene rings is 1. The zero-order valence-corrected chi connectivity index (χ0v) is 15.6. The van der Waals surface area contributed by atoms with Crippen LogP contribution in [0.3, 0.4) is 0 Å². The number of fused-ring (bicyclic) bond motifs is 1. The molecule has 6 nitrogen and oxygen atoms in total. The molecule has 1 N–H and O–H groups in total. The zero-order valence-electron chi connectivity index (χ0n) is 14.8. The number of thiophene rings is 1. The third-order valence-corrected chi connectivity index (χ3v) is 5.33. The highest BCUT2D eigenvalue weighted by molar-refractivity contribution is 7.20. The van der Waals surface area contributed by atoms with Gasteiger partial charge in [-0.25, -0.2) is 4.98 Å². The van der Waals surface area contributed by atoms with Crippen molar-refractivity contribution in [2.75, 3.05) is 20.3 Å². The van der Waals surface area contributed by atoms with Gasteiger partial charge in [0, 0.05) is 20.3 Å². The first kappa shape index (κ1) is 18.3. The summed E-state index contributed by atoms with van der Waals surface area (Å²) in [6.07, 6.45) is 2.29. The predicted molar refractivity (Wildman–Crippen MR) is 103 cm³/mol. The molecule has 0 aliphatic carbocycles. The van der Waals surface area contributed by atoms with Gasteiger partial charge >= 0.3 is 0 Å². The third-order valence-electron chi connectivity index (χ3n) is 4.13. The molecule has 0 aliphatic rings. The highest BCUT2D eigenvalue weighted by Gasteiger charge is 2.19. The van der Waals surface area contributed by atoms with E-state index in [1.165, 1.54) is 11.3 Å². The number of ether oxygens (including phenoxy) is 1. The molecule has 0 spiro atoms. The number of aryl methyl sites for hydroxylation is 1. The minimum Gasteiger partial charge on any atom is -0.385 e.